The Hall–Kier alpha value is -2.68. The quantitative estimate of drug-likeness (QED) is 0.496. The van der Waals surface area contributed by atoms with E-state index >= 15 is 0 Å². The van der Waals surface area contributed by atoms with E-state index in [2.05, 4.69) is 0 Å². The van der Waals surface area contributed by atoms with Gasteiger partial charge in [-0.05, 0) is 34.5 Å². The van der Waals surface area contributed by atoms with Gasteiger partial charge in [0.15, 0.2) is 0 Å². The second kappa shape index (κ2) is 4.42. The number of carbonyl (C=O) groups excluding carboxylic acids is 1. The summed E-state index contributed by atoms with van der Waals surface area (Å²) in [5, 5.41) is 2.05. The van der Waals surface area contributed by atoms with E-state index in [4.69, 9.17) is 4.74 Å². The van der Waals surface area contributed by atoms with E-state index in [9.17, 15) is 9.18 Å². The molecule has 3 aromatic rings. The summed E-state index contributed by atoms with van der Waals surface area (Å²) in [5.74, 6) is -0.532. The van der Waals surface area contributed by atoms with E-state index < -0.39 is 5.92 Å². The van der Waals surface area contributed by atoms with Crippen molar-refractivity contribution in [1.29, 1.82) is 0 Å². The molecule has 21 heavy (non-hydrogen) atoms. The molecule has 3 heteroatoms. The van der Waals surface area contributed by atoms with Gasteiger partial charge in [-0.2, -0.15) is 0 Å². The molecule has 0 fully saturated rings. The molecule has 1 aliphatic rings. The zero-order chi connectivity index (χ0) is 14.4. The van der Waals surface area contributed by atoms with Crippen molar-refractivity contribution in [1.82, 2.24) is 0 Å². The van der Waals surface area contributed by atoms with Crippen LogP contribution in [0.5, 0.6) is 5.75 Å². The van der Waals surface area contributed by atoms with Crippen molar-refractivity contribution in [3.8, 4) is 5.75 Å². The minimum absolute atomic E-state index is 0.312. The number of carbonyl (C=O) groups is 1. The van der Waals surface area contributed by atoms with Crippen LogP contribution < -0.4 is 4.74 Å². The highest BCUT2D eigenvalue weighted by Gasteiger charge is 2.35. The van der Waals surface area contributed by atoms with Crippen molar-refractivity contribution in [2.75, 3.05) is 0 Å². The van der Waals surface area contributed by atoms with Crippen LogP contribution in [0.2, 0.25) is 0 Å². The van der Waals surface area contributed by atoms with E-state index in [1.807, 2.05) is 36.4 Å². The van der Waals surface area contributed by atoms with Crippen LogP contribution in [0.4, 0.5) is 4.39 Å². The van der Waals surface area contributed by atoms with Gasteiger partial charge in [0.2, 0.25) is 0 Å². The van der Waals surface area contributed by atoms with Crippen molar-refractivity contribution in [3.05, 3.63) is 77.6 Å². The summed E-state index contributed by atoms with van der Waals surface area (Å²) in [6.07, 6.45) is 0. The Morgan fingerprint density at radius 1 is 0.905 bits per heavy atom. The summed E-state index contributed by atoms with van der Waals surface area (Å²) >= 11 is 0. The molecule has 0 radical (unpaired) electrons. The zero-order valence-electron chi connectivity index (χ0n) is 11.0. The fraction of sp³-hybridized carbons (Fsp3) is 0.0556. The highest BCUT2D eigenvalue weighted by Crippen LogP contribution is 2.43. The van der Waals surface area contributed by atoms with Crippen LogP contribution in [0.1, 0.15) is 17.0 Å². The Bertz CT molecular complexity index is 853. The van der Waals surface area contributed by atoms with E-state index in [0.29, 0.717) is 5.75 Å². The third kappa shape index (κ3) is 1.82. The molecule has 0 spiro atoms. The van der Waals surface area contributed by atoms with Gasteiger partial charge in [-0.15, -0.1) is 0 Å². The lowest BCUT2D eigenvalue weighted by Gasteiger charge is -2.10. The average molecular weight is 278 g/mol. The fourth-order valence-corrected chi connectivity index (χ4v) is 2.91. The van der Waals surface area contributed by atoms with Gasteiger partial charge in [-0.3, -0.25) is 4.79 Å². The first-order chi connectivity index (χ1) is 10.2. The SMILES string of the molecule is O=C1Oc2ccc3ccccc3c2C1c1ccc(F)cc1. The van der Waals surface area contributed by atoms with E-state index in [1.165, 1.54) is 12.1 Å². The van der Waals surface area contributed by atoms with Crippen LogP contribution in [0, 0.1) is 5.82 Å². The first-order valence-electron chi connectivity index (χ1n) is 6.73. The number of hydrogen-bond acceptors (Lipinski definition) is 2. The zero-order valence-corrected chi connectivity index (χ0v) is 11.0. The molecule has 1 heterocycles. The van der Waals surface area contributed by atoms with Gasteiger partial charge < -0.3 is 4.74 Å². The Morgan fingerprint density at radius 3 is 2.48 bits per heavy atom. The van der Waals surface area contributed by atoms with Gasteiger partial charge in [0, 0.05) is 5.56 Å². The number of benzene rings is 3. The van der Waals surface area contributed by atoms with Crippen LogP contribution in [0.3, 0.4) is 0 Å². The Morgan fingerprint density at radius 2 is 1.67 bits per heavy atom. The summed E-state index contributed by atoms with van der Waals surface area (Å²) in [6.45, 7) is 0. The molecule has 0 saturated heterocycles. The van der Waals surface area contributed by atoms with E-state index in [-0.39, 0.29) is 11.8 Å². The molecule has 0 N–H and O–H groups in total. The maximum Gasteiger partial charge on any atom is 0.323 e. The predicted molar refractivity (Wildman–Crippen MR) is 77.8 cm³/mol. The lowest BCUT2D eigenvalue weighted by molar-refractivity contribution is -0.133. The summed E-state index contributed by atoms with van der Waals surface area (Å²) in [4.78, 5) is 12.2. The van der Waals surface area contributed by atoms with Crippen molar-refractivity contribution < 1.29 is 13.9 Å². The molecule has 2 nitrogen and oxygen atoms in total. The number of rotatable bonds is 1. The third-order valence-electron chi connectivity index (χ3n) is 3.87. The van der Waals surface area contributed by atoms with Gasteiger partial charge in [0.1, 0.15) is 17.5 Å². The van der Waals surface area contributed by atoms with Crippen molar-refractivity contribution in [2.45, 2.75) is 5.92 Å². The van der Waals surface area contributed by atoms with E-state index in [0.717, 1.165) is 21.9 Å². The lowest BCUT2D eigenvalue weighted by atomic mass is 9.89. The highest BCUT2D eigenvalue weighted by molar-refractivity contribution is 5.99. The molecule has 0 aliphatic carbocycles. The molecule has 1 unspecified atom stereocenters. The molecule has 1 aliphatic heterocycles. The van der Waals surface area contributed by atoms with Crippen molar-refractivity contribution in [3.63, 3.8) is 0 Å². The molecule has 102 valence electrons. The molecule has 4 rings (SSSR count). The summed E-state index contributed by atoms with van der Waals surface area (Å²) < 4.78 is 18.5. The van der Waals surface area contributed by atoms with E-state index in [1.54, 1.807) is 12.1 Å². The fourth-order valence-electron chi connectivity index (χ4n) is 2.91. The third-order valence-corrected chi connectivity index (χ3v) is 3.87. The van der Waals surface area contributed by atoms with Crippen LogP contribution in [0.25, 0.3) is 10.8 Å². The van der Waals surface area contributed by atoms with Gasteiger partial charge >= 0.3 is 5.97 Å². The van der Waals surface area contributed by atoms with Gasteiger partial charge in [-0.1, -0.05) is 42.5 Å². The standard InChI is InChI=1S/C18H11FO2/c19-13-8-5-12(6-9-13)16-17-14-4-2-1-3-11(14)7-10-15(17)21-18(16)20/h1-10,16H. The minimum Gasteiger partial charge on any atom is -0.425 e. The first kappa shape index (κ1) is 12.1. The summed E-state index contributed by atoms with van der Waals surface area (Å²) in [7, 11) is 0. The molecule has 0 saturated carbocycles. The van der Waals surface area contributed by atoms with Crippen molar-refractivity contribution in [2.24, 2.45) is 0 Å². The van der Waals surface area contributed by atoms with Crippen LogP contribution in [-0.2, 0) is 4.79 Å². The molecule has 3 aromatic carbocycles. The molecule has 0 aromatic heterocycles. The largest absolute Gasteiger partial charge is 0.425 e. The lowest BCUT2D eigenvalue weighted by Crippen LogP contribution is -2.11. The predicted octanol–water partition coefficient (Wildman–Crippen LogP) is 4.03. The molecule has 1 atom stereocenters. The number of fused-ring (bicyclic) bond motifs is 3. The Labute approximate surface area is 120 Å². The second-order valence-corrected chi connectivity index (χ2v) is 5.10. The van der Waals surface area contributed by atoms with Crippen LogP contribution >= 0.6 is 0 Å². The molecular formula is C18H11FO2. The maximum atomic E-state index is 13.1. The number of ether oxygens (including phenoxy) is 1. The maximum absolute atomic E-state index is 13.1. The summed E-state index contributed by atoms with van der Waals surface area (Å²) in [5.41, 5.74) is 1.61. The molecule has 0 amide bonds. The topological polar surface area (TPSA) is 26.3 Å². The van der Waals surface area contributed by atoms with Gasteiger partial charge in [0.05, 0.1) is 0 Å². The summed E-state index contributed by atoms with van der Waals surface area (Å²) in [6, 6.07) is 17.6. The smallest absolute Gasteiger partial charge is 0.323 e. The molecular weight excluding hydrogens is 267 g/mol. The normalized spacial score (nSPS) is 16.8. The Balaban J connectivity index is 1.98. The minimum atomic E-state index is -0.494. The monoisotopic (exact) mass is 278 g/mol. The average Bonchev–Trinajstić information content (AvgIpc) is 2.85. The number of halogens is 1. The van der Waals surface area contributed by atoms with Crippen molar-refractivity contribution >= 4 is 16.7 Å². The number of esters is 1. The van der Waals surface area contributed by atoms with Gasteiger partial charge in [0.25, 0.3) is 0 Å². The number of hydrogen-bond donors (Lipinski definition) is 0. The van der Waals surface area contributed by atoms with Gasteiger partial charge in [-0.25, -0.2) is 4.39 Å². The van der Waals surface area contributed by atoms with Crippen LogP contribution in [-0.4, -0.2) is 5.97 Å². The first-order valence-corrected chi connectivity index (χ1v) is 6.73. The van der Waals surface area contributed by atoms with Crippen LogP contribution in [0.15, 0.2) is 60.7 Å². The second-order valence-electron chi connectivity index (χ2n) is 5.10. The molecule has 0 bridgehead atoms. The highest BCUT2D eigenvalue weighted by atomic mass is 19.1. The Kier molecular flexibility index (Phi) is 2.54.